The molecule has 1 aliphatic carbocycles. The molecule has 2 fully saturated rings. The van der Waals surface area contributed by atoms with Crippen LogP contribution >= 0.6 is 0 Å². The summed E-state index contributed by atoms with van der Waals surface area (Å²) >= 11 is 0. The van der Waals surface area contributed by atoms with E-state index in [1.807, 2.05) is 24.4 Å². The molecule has 5 aliphatic rings. The van der Waals surface area contributed by atoms with Crippen LogP contribution in [0.3, 0.4) is 0 Å². The number of ether oxygens (including phenoxy) is 3. The first kappa shape index (κ1) is 38.8. The largest absolute Gasteiger partial charge is 0.462 e. The second-order valence-electron chi connectivity index (χ2n) is 16.6. The number of piperidine rings is 1. The van der Waals surface area contributed by atoms with Crippen molar-refractivity contribution in [2.45, 2.75) is 110 Å². The van der Waals surface area contributed by atoms with Crippen LogP contribution in [0.1, 0.15) is 104 Å². The van der Waals surface area contributed by atoms with E-state index in [9.17, 15) is 19.2 Å². The van der Waals surface area contributed by atoms with Crippen LogP contribution in [0.25, 0.3) is 21.8 Å². The first-order chi connectivity index (χ1) is 27.5. The maximum atomic E-state index is 14.8. The quantitative estimate of drug-likeness (QED) is 0.118. The van der Waals surface area contributed by atoms with Crippen molar-refractivity contribution in [3.63, 3.8) is 0 Å². The average Bonchev–Trinajstić information content (AvgIpc) is 3.66. The number of para-hydroxylation sites is 1. The van der Waals surface area contributed by atoms with Gasteiger partial charge in [0.15, 0.2) is 11.5 Å². The van der Waals surface area contributed by atoms with Crippen molar-refractivity contribution >= 4 is 45.5 Å². The molecule has 6 heterocycles. The fraction of sp³-hybridized carbons (Fsp3) is 0.500. The molecule has 8 rings (SSSR count). The van der Waals surface area contributed by atoms with Crippen LogP contribution < -0.4 is 4.74 Å². The van der Waals surface area contributed by atoms with Gasteiger partial charge in [-0.15, -0.1) is 0 Å². The number of hydrogen-bond donors (Lipinski definition) is 1. The number of carbonyl (C=O) groups excluding carboxylic acids is 4. The third-order valence-electron chi connectivity index (χ3n) is 12.9. The molecule has 3 bridgehead atoms. The van der Waals surface area contributed by atoms with Crippen molar-refractivity contribution in [3.8, 4) is 5.75 Å². The Labute approximate surface area is 334 Å². The number of pyridine rings is 1. The molecule has 57 heavy (non-hydrogen) atoms. The standard InChI is InChI=1S/C46H54N4O7/c1-27(51)40-44-36(28(2)55-29(3)52)25-33(56-30(4)53)15-13-22-50(44)45-32-14-10-8-6-7-9-11-21-49-23-19-38(46(40,45)26-49)37(24-32)42-43-35(18-20-47-42)34-16-12-17-39(41(34)48-43)57-31(5)54/h6,8,12,16-18,20,24,33,37-38,45,48H,7,9-11,13-15,19,21-23,25-26H2,1-5H3/b8-6-,36-28+/t33-,37+,38+,45+,46+/m0/s1. The molecular weight excluding hydrogens is 721 g/mol. The maximum Gasteiger partial charge on any atom is 0.308 e. The summed E-state index contributed by atoms with van der Waals surface area (Å²) in [5.74, 6) is -0.400. The SMILES string of the molecule is CC(=O)O/C(C)=C1\C[C@@H](OC(C)=O)CCCN2C1=C(C(C)=O)[C@@]13CN4CCCC/C=C\CCC(=C[C@@H](c5nccc6c5[nH]c5c(OC(C)=O)cccc56)[C@H]1CC4)[C@@H]23. The van der Waals surface area contributed by atoms with Crippen molar-refractivity contribution in [2.24, 2.45) is 11.3 Å². The number of carbonyl (C=O) groups is 4. The molecule has 11 heteroatoms. The topological polar surface area (TPSA) is 131 Å². The van der Waals surface area contributed by atoms with Crippen LogP contribution in [0.4, 0.5) is 0 Å². The number of esters is 3. The van der Waals surface area contributed by atoms with Crippen LogP contribution in [0.15, 0.2) is 76.9 Å². The number of nitrogens with one attached hydrogen (secondary N) is 1. The van der Waals surface area contributed by atoms with Crippen LogP contribution in [-0.2, 0) is 28.7 Å². The summed E-state index contributed by atoms with van der Waals surface area (Å²) in [5.41, 5.74) is 5.62. The zero-order chi connectivity index (χ0) is 40.0. The number of allylic oxidation sites excluding steroid dienone is 5. The summed E-state index contributed by atoms with van der Waals surface area (Å²) in [6, 6.07) is 7.66. The van der Waals surface area contributed by atoms with Crippen LogP contribution in [0.5, 0.6) is 5.75 Å². The Hall–Kier alpha value is -5.03. The fourth-order valence-corrected chi connectivity index (χ4v) is 11.1. The lowest BCUT2D eigenvalue weighted by Crippen LogP contribution is -2.61. The summed E-state index contributed by atoms with van der Waals surface area (Å²) in [5, 5.41) is 1.95. The Balaban J connectivity index is 1.40. The summed E-state index contributed by atoms with van der Waals surface area (Å²) < 4.78 is 17.4. The van der Waals surface area contributed by atoms with E-state index in [1.165, 1.54) is 26.3 Å². The number of aromatic nitrogens is 2. The second kappa shape index (κ2) is 15.7. The molecule has 1 aromatic carbocycles. The summed E-state index contributed by atoms with van der Waals surface area (Å²) in [4.78, 5) is 65.8. The number of fused-ring (bicyclic) bond motifs is 5. The maximum absolute atomic E-state index is 14.8. The highest BCUT2D eigenvalue weighted by atomic mass is 16.5. The third kappa shape index (κ3) is 7.02. The Morgan fingerprint density at radius 3 is 2.44 bits per heavy atom. The van der Waals surface area contributed by atoms with Gasteiger partial charge in [0.05, 0.1) is 28.5 Å². The first-order valence-corrected chi connectivity index (χ1v) is 20.7. The lowest BCUT2D eigenvalue weighted by molar-refractivity contribution is -0.147. The van der Waals surface area contributed by atoms with Crippen molar-refractivity contribution in [1.29, 1.82) is 0 Å². The highest BCUT2D eigenvalue weighted by Gasteiger charge is 2.64. The highest BCUT2D eigenvalue weighted by molar-refractivity contribution is 6.10. The molecule has 1 N–H and O–H groups in total. The zero-order valence-corrected chi connectivity index (χ0v) is 33.8. The monoisotopic (exact) mass is 774 g/mol. The average molecular weight is 775 g/mol. The Morgan fingerprint density at radius 2 is 1.67 bits per heavy atom. The van der Waals surface area contributed by atoms with Crippen molar-refractivity contribution in [2.75, 3.05) is 26.2 Å². The van der Waals surface area contributed by atoms with Crippen LogP contribution in [0, 0.1) is 11.3 Å². The van der Waals surface area contributed by atoms with E-state index in [0.717, 1.165) is 102 Å². The molecule has 0 saturated carbocycles. The second-order valence-corrected chi connectivity index (χ2v) is 16.6. The fourth-order valence-electron chi connectivity index (χ4n) is 11.1. The van der Waals surface area contributed by atoms with Gasteiger partial charge in [0.25, 0.3) is 0 Å². The molecule has 3 aromatic rings. The van der Waals surface area contributed by atoms with Gasteiger partial charge in [0.2, 0.25) is 0 Å². The van der Waals surface area contributed by atoms with Crippen LogP contribution in [0.2, 0.25) is 0 Å². The van der Waals surface area contributed by atoms with Crippen LogP contribution in [-0.4, -0.2) is 81.8 Å². The molecule has 11 nitrogen and oxygen atoms in total. The number of ketones is 1. The predicted molar refractivity (Wildman–Crippen MR) is 217 cm³/mol. The molecule has 6 atom stereocenters. The molecule has 2 aromatic heterocycles. The molecule has 0 amide bonds. The smallest absolute Gasteiger partial charge is 0.308 e. The Morgan fingerprint density at radius 1 is 0.860 bits per heavy atom. The number of H-pyrrole nitrogens is 1. The number of benzene rings is 1. The number of aromatic amines is 1. The molecular formula is C46H54N4O7. The Bertz CT molecular complexity index is 2260. The molecule has 0 radical (unpaired) electrons. The van der Waals surface area contributed by atoms with E-state index in [4.69, 9.17) is 19.2 Å². The van der Waals surface area contributed by atoms with Gasteiger partial charge in [-0.1, -0.05) is 30.4 Å². The van der Waals surface area contributed by atoms with Gasteiger partial charge in [-0.25, -0.2) is 0 Å². The Kier molecular flexibility index (Phi) is 10.7. The van der Waals surface area contributed by atoms with Gasteiger partial charge in [-0.3, -0.25) is 24.2 Å². The lowest BCUT2D eigenvalue weighted by Gasteiger charge is -2.56. The van der Waals surface area contributed by atoms with E-state index in [0.29, 0.717) is 37.4 Å². The molecule has 1 unspecified atom stereocenters. The third-order valence-corrected chi connectivity index (χ3v) is 12.9. The van der Waals surface area contributed by atoms with Crippen molar-refractivity contribution < 1.29 is 33.4 Å². The summed E-state index contributed by atoms with van der Waals surface area (Å²) in [6.45, 7) is 11.0. The van der Waals surface area contributed by atoms with E-state index in [1.54, 1.807) is 19.9 Å². The normalized spacial score (nSPS) is 29.1. The highest BCUT2D eigenvalue weighted by Crippen LogP contribution is 2.64. The van der Waals surface area contributed by atoms with Gasteiger partial charge in [0, 0.05) is 79.7 Å². The van der Waals surface area contributed by atoms with Gasteiger partial charge in [-0.2, -0.15) is 0 Å². The number of rotatable bonds is 5. The van der Waals surface area contributed by atoms with Gasteiger partial charge >= 0.3 is 17.9 Å². The molecule has 300 valence electrons. The van der Waals surface area contributed by atoms with E-state index in [2.05, 4.69) is 33.0 Å². The van der Waals surface area contributed by atoms with E-state index < -0.39 is 17.5 Å². The van der Waals surface area contributed by atoms with Gasteiger partial charge in [-0.05, 0) is 102 Å². The van der Waals surface area contributed by atoms with E-state index in [-0.39, 0.29) is 35.6 Å². The minimum atomic E-state index is -0.617. The predicted octanol–water partition coefficient (Wildman–Crippen LogP) is 7.97. The minimum absolute atomic E-state index is 0.000163. The van der Waals surface area contributed by atoms with Gasteiger partial charge < -0.3 is 29.0 Å². The molecule has 2 saturated heterocycles. The number of Topliss-reactive ketones (excluding diaryl/α,β-unsaturated/α-hetero) is 1. The summed E-state index contributed by atoms with van der Waals surface area (Å²) in [7, 11) is 0. The molecule has 4 aliphatic heterocycles. The van der Waals surface area contributed by atoms with E-state index >= 15 is 0 Å². The molecule has 1 spiro atoms. The minimum Gasteiger partial charge on any atom is -0.462 e. The lowest BCUT2D eigenvalue weighted by atomic mass is 9.53. The summed E-state index contributed by atoms with van der Waals surface area (Å²) in [6.07, 6.45) is 16.1. The van der Waals surface area contributed by atoms with Gasteiger partial charge in [0.1, 0.15) is 11.9 Å². The number of nitrogens with zero attached hydrogens (tertiary/aromatic N) is 3. The zero-order valence-electron chi connectivity index (χ0n) is 33.8. The van der Waals surface area contributed by atoms with Crippen molar-refractivity contribution in [3.05, 3.63) is 82.6 Å². The first-order valence-electron chi connectivity index (χ1n) is 20.7. The number of hydrogen-bond acceptors (Lipinski definition) is 10. The van der Waals surface area contributed by atoms with Crippen molar-refractivity contribution in [1.82, 2.24) is 19.8 Å².